The lowest BCUT2D eigenvalue weighted by molar-refractivity contribution is -0.109. The zero-order valence-electron chi connectivity index (χ0n) is 19.3. The standard InChI is InChI=1S/C16H19N3O3.C2H5NO.2C2H6/c1-18(2)10-12-5-3-4-11-8-13(9-17-14(11)15(12)20)19-6-7-22-16(19)21;1-3-2-4;2*1-2/h8-10H,3-7H2,1-2H3;2H,1H3,(H,3,4);2*1-2H3/b12-10+;;;. The van der Waals surface area contributed by atoms with E-state index in [0.29, 0.717) is 30.9 Å². The number of ether oxygens (including phenoxy) is 1. The van der Waals surface area contributed by atoms with Crippen molar-refractivity contribution in [2.24, 2.45) is 0 Å². The number of aryl methyl sites for hydroxylation is 1. The Labute approximate surface area is 180 Å². The average molecular weight is 421 g/mol. The fourth-order valence-corrected chi connectivity index (χ4v) is 2.84. The molecule has 168 valence electrons. The summed E-state index contributed by atoms with van der Waals surface area (Å²) in [5, 5.41) is 2.25. The van der Waals surface area contributed by atoms with Gasteiger partial charge in [-0.2, -0.15) is 0 Å². The molecule has 30 heavy (non-hydrogen) atoms. The Kier molecular flexibility index (Phi) is 13.6. The summed E-state index contributed by atoms with van der Waals surface area (Å²) >= 11 is 0. The Morgan fingerprint density at radius 1 is 1.17 bits per heavy atom. The molecule has 2 heterocycles. The van der Waals surface area contributed by atoms with Crippen LogP contribution in [0.15, 0.2) is 24.0 Å². The van der Waals surface area contributed by atoms with Crippen molar-refractivity contribution in [1.29, 1.82) is 0 Å². The van der Waals surface area contributed by atoms with E-state index in [4.69, 9.17) is 9.53 Å². The van der Waals surface area contributed by atoms with Crippen LogP contribution in [0.5, 0.6) is 0 Å². The van der Waals surface area contributed by atoms with Crippen molar-refractivity contribution in [3.05, 3.63) is 35.3 Å². The van der Waals surface area contributed by atoms with Crippen molar-refractivity contribution >= 4 is 24.0 Å². The van der Waals surface area contributed by atoms with Gasteiger partial charge in [-0.1, -0.05) is 27.7 Å². The number of ketones is 1. The summed E-state index contributed by atoms with van der Waals surface area (Å²) in [6, 6.07) is 1.89. The molecule has 2 amide bonds. The van der Waals surface area contributed by atoms with Crippen molar-refractivity contribution < 1.29 is 19.1 Å². The van der Waals surface area contributed by atoms with Crippen LogP contribution in [0, 0.1) is 0 Å². The van der Waals surface area contributed by atoms with E-state index in [1.807, 2.05) is 59.0 Å². The number of nitrogens with zero attached hydrogens (tertiary/aromatic N) is 3. The number of amides is 2. The number of pyridine rings is 1. The molecule has 1 aliphatic carbocycles. The van der Waals surface area contributed by atoms with Gasteiger partial charge in [0.1, 0.15) is 12.3 Å². The third kappa shape index (κ3) is 7.85. The predicted octanol–water partition coefficient (Wildman–Crippen LogP) is 3.42. The van der Waals surface area contributed by atoms with Crippen LogP contribution >= 0.6 is 0 Å². The molecular formula is C22H36N4O4. The first-order chi connectivity index (χ1) is 14.5. The first-order valence-electron chi connectivity index (χ1n) is 10.4. The summed E-state index contributed by atoms with van der Waals surface area (Å²) in [7, 11) is 5.37. The van der Waals surface area contributed by atoms with Crippen LogP contribution in [0.4, 0.5) is 10.5 Å². The van der Waals surface area contributed by atoms with Gasteiger partial charge in [0.15, 0.2) is 0 Å². The predicted molar refractivity (Wildman–Crippen MR) is 120 cm³/mol. The average Bonchev–Trinajstić information content (AvgIpc) is 3.14. The Morgan fingerprint density at radius 2 is 1.80 bits per heavy atom. The monoisotopic (exact) mass is 420 g/mol. The zero-order valence-corrected chi connectivity index (χ0v) is 19.3. The molecule has 8 nitrogen and oxygen atoms in total. The molecule has 1 N–H and O–H groups in total. The van der Waals surface area contributed by atoms with Gasteiger partial charge >= 0.3 is 6.09 Å². The fourth-order valence-electron chi connectivity index (χ4n) is 2.84. The van der Waals surface area contributed by atoms with E-state index >= 15 is 0 Å². The third-order valence-electron chi connectivity index (χ3n) is 3.96. The third-order valence-corrected chi connectivity index (χ3v) is 3.96. The largest absolute Gasteiger partial charge is 0.447 e. The minimum Gasteiger partial charge on any atom is -0.447 e. The van der Waals surface area contributed by atoms with Crippen LogP contribution in [0.1, 0.15) is 56.6 Å². The van der Waals surface area contributed by atoms with Crippen molar-refractivity contribution in [2.45, 2.75) is 47.0 Å². The number of Topliss-reactive ketones (excluding diaryl/α,β-unsaturated/α-hetero) is 1. The number of anilines is 1. The zero-order chi connectivity index (χ0) is 23.1. The molecule has 0 atom stereocenters. The molecule has 0 spiro atoms. The maximum atomic E-state index is 12.6. The number of cyclic esters (lactones) is 1. The number of carbonyl (C=O) groups is 3. The second kappa shape index (κ2) is 15.0. The quantitative estimate of drug-likeness (QED) is 0.458. The highest BCUT2D eigenvalue weighted by Gasteiger charge is 2.27. The second-order valence-corrected chi connectivity index (χ2v) is 6.17. The molecule has 1 aromatic rings. The van der Waals surface area contributed by atoms with Crippen LogP contribution in [0.2, 0.25) is 0 Å². The second-order valence-electron chi connectivity index (χ2n) is 6.17. The molecule has 0 radical (unpaired) electrons. The summed E-state index contributed by atoms with van der Waals surface area (Å²) < 4.78 is 4.95. The Bertz CT molecular complexity index is 717. The van der Waals surface area contributed by atoms with Crippen LogP contribution < -0.4 is 10.2 Å². The molecule has 1 saturated heterocycles. The normalized spacial score (nSPS) is 15.7. The molecule has 8 heteroatoms. The van der Waals surface area contributed by atoms with E-state index in [1.54, 1.807) is 18.1 Å². The van der Waals surface area contributed by atoms with Gasteiger partial charge in [0, 0.05) is 32.9 Å². The van der Waals surface area contributed by atoms with Crippen LogP contribution in [-0.4, -0.2) is 62.5 Å². The molecule has 1 aromatic heterocycles. The molecular weight excluding hydrogens is 384 g/mol. The maximum Gasteiger partial charge on any atom is 0.414 e. The fraction of sp³-hybridized carbons (Fsp3) is 0.545. The van der Waals surface area contributed by atoms with Crippen LogP contribution in [0.25, 0.3) is 0 Å². The summed E-state index contributed by atoms with van der Waals surface area (Å²) in [6.45, 7) is 8.92. The van der Waals surface area contributed by atoms with E-state index in [1.165, 1.54) is 0 Å². The topological polar surface area (TPSA) is 91.8 Å². The Hall–Kier alpha value is -2.90. The van der Waals surface area contributed by atoms with Gasteiger partial charge in [-0.3, -0.25) is 19.5 Å². The first-order valence-corrected chi connectivity index (χ1v) is 10.4. The van der Waals surface area contributed by atoms with Gasteiger partial charge in [-0.05, 0) is 30.9 Å². The van der Waals surface area contributed by atoms with E-state index < -0.39 is 0 Å². The molecule has 1 aliphatic heterocycles. The number of nitrogens with one attached hydrogen (secondary N) is 1. The molecule has 1 fully saturated rings. The summed E-state index contributed by atoms with van der Waals surface area (Å²) in [5.74, 6) is -0.0169. The lowest BCUT2D eigenvalue weighted by atomic mass is 10.1. The number of hydrogen-bond acceptors (Lipinski definition) is 6. The van der Waals surface area contributed by atoms with Gasteiger partial charge in [0.25, 0.3) is 0 Å². The van der Waals surface area contributed by atoms with E-state index in [2.05, 4.69) is 10.3 Å². The Morgan fingerprint density at radius 3 is 2.30 bits per heavy atom. The number of fused-ring (bicyclic) bond motifs is 1. The van der Waals surface area contributed by atoms with E-state index in [-0.39, 0.29) is 11.9 Å². The maximum absolute atomic E-state index is 12.6. The number of hydrogen-bond donors (Lipinski definition) is 1. The molecule has 0 aromatic carbocycles. The SMILES string of the molecule is CC.CC.CN(C)/C=C1\CCCc2cc(N3CCOC3=O)cnc2C1=O.CNC=O. The molecule has 2 aliphatic rings. The molecule has 3 rings (SSSR count). The number of aromatic nitrogens is 1. The first kappa shape index (κ1) is 27.1. The highest BCUT2D eigenvalue weighted by atomic mass is 16.6. The minimum atomic E-state index is -0.352. The van der Waals surface area contributed by atoms with Crippen molar-refractivity contribution in [3.8, 4) is 0 Å². The van der Waals surface area contributed by atoms with Gasteiger partial charge in [0.05, 0.1) is 18.4 Å². The lowest BCUT2D eigenvalue weighted by Gasteiger charge is -2.14. The highest BCUT2D eigenvalue weighted by Crippen LogP contribution is 2.27. The molecule has 0 bridgehead atoms. The summed E-state index contributed by atoms with van der Waals surface area (Å²) in [4.78, 5) is 41.1. The summed E-state index contributed by atoms with van der Waals surface area (Å²) in [6.07, 6.45) is 6.15. The van der Waals surface area contributed by atoms with E-state index in [0.717, 1.165) is 30.4 Å². The van der Waals surface area contributed by atoms with Gasteiger partial charge in [-0.15, -0.1) is 0 Å². The number of rotatable bonds is 3. The van der Waals surface area contributed by atoms with Gasteiger partial charge in [-0.25, -0.2) is 4.79 Å². The minimum absolute atomic E-state index is 0.0169. The van der Waals surface area contributed by atoms with Crippen LogP contribution in [0.3, 0.4) is 0 Å². The molecule has 0 saturated carbocycles. The number of allylic oxidation sites excluding steroid dienone is 1. The van der Waals surface area contributed by atoms with Crippen molar-refractivity contribution in [2.75, 3.05) is 39.2 Å². The van der Waals surface area contributed by atoms with Gasteiger partial charge < -0.3 is 15.0 Å². The smallest absolute Gasteiger partial charge is 0.414 e. The van der Waals surface area contributed by atoms with E-state index in [9.17, 15) is 9.59 Å². The van der Waals surface area contributed by atoms with Gasteiger partial charge in [0.2, 0.25) is 12.2 Å². The Balaban J connectivity index is 0.000000924. The number of carbonyl (C=O) groups excluding carboxylic acids is 3. The van der Waals surface area contributed by atoms with Crippen LogP contribution in [-0.2, 0) is 16.0 Å². The van der Waals surface area contributed by atoms with Crippen molar-refractivity contribution in [1.82, 2.24) is 15.2 Å². The summed E-state index contributed by atoms with van der Waals surface area (Å²) in [5.41, 5.74) is 2.89. The van der Waals surface area contributed by atoms with Crippen molar-refractivity contribution in [3.63, 3.8) is 0 Å². The lowest BCUT2D eigenvalue weighted by Crippen LogP contribution is -2.24. The highest BCUT2D eigenvalue weighted by molar-refractivity contribution is 6.08. The molecule has 0 unspecified atom stereocenters.